The average molecular weight is 352 g/mol. The largest absolute Gasteiger partial charge is 0.357 e. The fraction of sp³-hybridized carbons (Fsp3) is 0.312. The van der Waals surface area contributed by atoms with Gasteiger partial charge in [0.05, 0.1) is 0 Å². The topological polar surface area (TPSA) is 71.1 Å². The van der Waals surface area contributed by atoms with Gasteiger partial charge in [-0.1, -0.05) is 37.6 Å². The predicted molar refractivity (Wildman–Crippen MR) is 92.7 cm³/mol. The van der Waals surface area contributed by atoms with Crippen LogP contribution in [0, 0.1) is 5.92 Å². The van der Waals surface area contributed by atoms with Crippen LogP contribution in [0.25, 0.3) is 10.6 Å². The van der Waals surface area contributed by atoms with Gasteiger partial charge in [-0.2, -0.15) is 0 Å². The molecule has 0 spiro atoms. The molecular formula is C16H18ClN3O2S. The molecule has 1 aromatic heterocycles. The van der Waals surface area contributed by atoms with Crippen molar-refractivity contribution in [2.75, 3.05) is 7.05 Å². The number of benzene rings is 1. The second-order valence-corrected chi connectivity index (χ2v) is 6.65. The van der Waals surface area contributed by atoms with Gasteiger partial charge >= 0.3 is 0 Å². The number of aromatic nitrogens is 1. The lowest BCUT2D eigenvalue weighted by Gasteiger charge is -2.20. The molecule has 1 aromatic carbocycles. The van der Waals surface area contributed by atoms with Crippen molar-refractivity contribution in [1.82, 2.24) is 15.6 Å². The van der Waals surface area contributed by atoms with E-state index in [-0.39, 0.29) is 17.7 Å². The molecule has 2 N–H and O–H groups in total. The number of likely N-dealkylation sites (N-methyl/N-ethyl adjacent to an activating group) is 1. The van der Waals surface area contributed by atoms with Crippen LogP contribution in [0.3, 0.4) is 0 Å². The van der Waals surface area contributed by atoms with Crippen molar-refractivity contribution in [2.24, 2.45) is 5.92 Å². The van der Waals surface area contributed by atoms with Gasteiger partial charge in [0, 0.05) is 23.0 Å². The molecule has 122 valence electrons. The minimum Gasteiger partial charge on any atom is -0.357 e. The van der Waals surface area contributed by atoms with Crippen molar-refractivity contribution < 1.29 is 9.59 Å². The van der Waals surface area contributed by atoms with Crippen LogP contribution in [0.15, 0.2) is 29.6 Å². The van der Waals surface area contributed by atoms with Crippen LogP contribution in [0.2, 0.25) is 5.02 Å². The molecule has 0 fully saturated rings. The number of halogens is 1. The lowest BCUT2D eigenvalue weighted by atomic mass is 10.0. The number of nitrogens with zero attached hydrogens (tertiary/aromatic N) is 1. The molecule has 0 aliphatic rings. The summed E-state index contributed by atoms with van der Waals surface area (Å²) in [5.41, 5.74) is 1.19. The molecule has 0 aliphatic heterocycles. The smallest absolute Gasteiger partial charge is 0.271 e. The van der Waals surface area contributed by atoms with Gasteiger partial charge in [0.25, 0.3) is 5.91 Å². The summed E-state index contributed by atoms with van der Waals surface area (Å²) < 4.78 is 0. The third kappa shape index (κ3) is 4.30. The highest BCUT2D eigenvalue weighted by Crippen LogP contribution is 2.25. The number of thiazole rings is 1. The van der Waals surface area contributed by atoms with Crippen LogP contribution in [0.5, 0.6) is 0 Å². The van der Waals surface area contributed by atoms with E-state index in [2.05, 4.69) is 15.6 Å². The molecule has 0 aliphatic carbocycles. The average Bonchev–Trinajstić information content (AvgIpc) is 3.02. The summed E-state index contributed by atoms with van der Waals surface area (Å²) in [5.74, 6) is -0.599. The molecule has 7 heteroatoms. The van der Waals surface area contributed by atoms with Crippen molar-refractivity contribution in [3.05, 3.63) is 40.4 Å². The summed E-state index contributed by atoms with van der Waals surface area (Å²) in [4.78, 5) is 28.5. The van der Waals surface area contributed by atoms with Gasteiger partial charge < -0.3 is 10.6 Å². The summed E-state index contributed by atoms with van der Waals surface area (Å²) in [6.45, 7) is 3.75. The minimum atomic E-state index is -0.590. The van der Waals surface area contributed by atoms with Gasteiger partial charge in [0.2, 0.25) is 5.91 Å². The van der Waals surface area contributed by atoms with Gasteiger partial charge in [-0.3, -0.25) is 9.59 Å². The molecule has 0 radical (unpaired) electrons. The fourth-order valence-electron chi connectivity index (χ4n) is 2.01. The third-order valence-corrected chi connectivity index (χ3v) is 4.45. The molecule has 0 bridgehead atoms. The van der Waals surface area contributed by atoms with E-state index in [1.165, 1.54) is 11.3 Å². The molecule has 2 aromatic rings. The van der Waals surface area contributed by atoms with E-state index in [4.69, 9.17) is 11.6 Å². The van der Waals surface area contributed by atoms with Gasteiger partial charge in [0.1, 0.15) is 16.7 Å². The van der Waals surface area contributed by atoms with Crippen LogP contribution in [-0.2, 0) is 4.79 Å². The number of hydrogen-bond acceptors (Lipinski definition) is 4. The molecule has 23 heavy (non-hydrogen) atoms. The molecule has 1 unspecified atom stereocenters. The first-order valence-electron chi connectivity index (χ1n) is 7.16. The predicted octanol–water partition coefficient (Wildman–Crippen LogP) is 2.96. The van der Waals surface area contributed by atoms with Crippen molar-refractivity contribution in [1.29, 1.82) is 0 Å². The Bertz CT molecular complexity index is 698. The Balaban J connectivity index is 2.14. The van der Waals surface area contributed by atoms with E-state index in [1.807, 2.05) is 26.0 Å². The zero-order valence-corrected chi connectivity index (χ0v) is 14.7. The Labute approximate surface area is 144 Å². The van der Waals surface area contributed by atoms with Crippen molar-refractivity contribution in [2.45, 2.75) is 19.9 Å². The van der Waals surface area contributed by atoms with E-state index >= 15 is 0 Å². The molecule has 0 saturated carbocycles. The van der Waals surface area contributed by atoms with E-state index in [1.54, 1.807) is 24.6 Å². The first kappa shape index (κ1) is 17.4. The standard InChI is InChI=1S/C16H18ClN3O2S/c1-9(2)13(15(22)18-3)20-14(21)12-8-23-16(19-12)10-4-6-11(17)7-5-10/h4-9,13H,1-3H3,(H,18,22)(H,20,21). The number of nitrogens with one attached hydrogen (secondary N) is 2. The number of carbonyl (C=O) groups is 2. The normalized spacial score (nSPS) is 12.0. The van der Waals surface area contributed by atoms with E-state index < -0.39 is 6.04 Å². The van der Waals surface area contributed by atoms with Crippen molar-refractivity contribution in [3.63, 3.8) is 0 Å². The maximum absolute atomic E-state index is 12.3. The maximum Gasteiger partial charge on any atom is 0.271 e. The Kier molecular flexibility index (Phi) is 5.74. The first-order chi connectivity index (χ1) is 10.9. The number of amides is 2. The number of carbonyl (C=O) groups excluding carboxylic acids is 2. The van der Waals surface area contributed by atoms with Crippen molar-refractivity contribution >= 4 is 34.8 Å². The van der Waals surface area contributed by atoms with E-state index in [0.717, 1.165) is 10.6 Å². The van der Waals surface area contributed by atoms with Crippen LogP contribution in [0.1, 0.15) is 24.3 Å². The monoisotopic (exact) mass is 351 g/mol. The maximum atomic E-state index is 12.3. The van der Waals surface area contributed by atoms with Crippen LogP contribution in [-0.4, -0.2) is 29.9 Å². The summed E-state index contributed by atoms with van der Waals surface area (Å²) >= 11 is 7.24. The summed E-state index contributed by atoms with van der Waals surface area (Å²) in [6, 6.07) is 6.67. The van der Waals surface area contributed by atoms with Gasteiger partial charge in [0.15, 0.2) is 0 Å². The van der Waals surface area contributed by atoms with Gasteiger partial charge in [-0.15, -0.1) is 11.3 Å². The zero-order chi connectivity index (χ0) is 17.0. The number of hydrogen-bond donors (Lipinski definition) is 2. The van der Waals surface area contributed by atoms with Crippen LogP contribution in [0.4, 0.5) is 0 Å². The Morgan fingerprint density at radius 2 is 1.87 bits per heavy atom. The van der Waals surface area contributed by atoms with E-state index in [0.29, 0.717) is 10.7 Å². The lowest BCUT2D eigenvalue weighted by Crippen LogP contribution is -2.48. The molecule has 2 rings (SSSR count). The summed E-state index contributed by atoms with van der Waals surface area (Å²) in [5, 5.41) is 8.34. The molecule has 5 nitrogen and oxygen atoms in total. The fourth-order valence-corrected chi connectivity index (χ4v) is 2.94. The zero-order valence-electron chi connectivity index (χ0n) is 13.1. The highest BCUT2D eigenvalue weighted by Gasteiger charge is 2.24. The van der Waals surface area contributed by atoms with E-state index in [9.17, 15) is 9.59 Å². The van der Waals surface area contributed by atoms with Gasteiger partial charge in [-0.05, 0) is 18.1 Å². The molecule has 1 heterocycles. The highest BCUT2D eigenvalue weighted by molar-refractivity contribution is 7.13. The quantitative estimate of drug-likeness (QED) is 0.870. The second kappa shape index (κ2) is 7.57. The Hall–Kier alpha value is -1.92. The molecule has 2 amide bonds. The third-order valence-electron chi connectivity index (χ3n) is 3.31. The minimum absolute atomic E-state index is 0.0201. The molecule has 1 atom stereocenters. The lowest BCUT2D eigenvalue weighted by molar-refractivity contribution is -0.123. The Morgan fingerprint density at radius 3 is 2.43 bits per heavy atom. The second-order valence-electron chi connectivity index (χ2n) is 5.35. The van der Waals surface area contributed by atoms with Crippen molar-refractivity contribution in [3.8, 4) is 10.6 Å². The van der Waals surface area contributed by atoms with Crippen LogP contribution < -0.4 is 10.6 Å². The van der Waals surface area contributed by atoms with Gasteiger partial charge in [-0.25, -0.2) is 4.98 Å². The van der Waals surface area contributed by atoms with Crippen LogP contribution >= 0.6 is 22.9 Å². The Morgan fingerprint density at radius 1 is 1.22 bits per heavy atom. The first-order valence-corrected chi connectivity index (χ1v) is 8.42. The number of rotatable bonds is 5. The summed E-state index contributed by atoms with van der Waals surface area (Å²) in [6.07, 6.45) is 0. The SMILES string of the molecule is CNC(=O)C(NC(=O)c1csc(-c2ccc(Cl)cc2)n1)C(C)C. The highest BCUT2D eigenvalue weighted by atomic mass is 35.5. The molecule has 0 saturated heterocycles. The molecular weight excluding hydrogens is 334 g/mol. The summed E-state index contributed by atoms with van der Waals surface area (Å²) in [7, 11) is 1.55.